The quantitative estimate of drug-likeness (QED) is 0.178. The van der Waals surface area contributed by atoms with Crippen LogP contribution in [0.1, 0.15) is 22.3 Å². The van der Waals surface area contributed by atoms with Crippen molar-refractivity contribution >= 4 is 49.6 Å². The summed E-state index contributed by atoms with van der Waals surface area (Å²) in [5, 5.41) is 4.95. The molecule has 0 unspecified atom stereocenters. The van der Waals surface area contributed by atoms with Crippen LogP contribution in [0.3, 0.4) is 0 Å². The van der Waals surface area contributed by atoms with Gasteiger partial charge >= 0.3 is 0 Å². The van der Waals surface area contributed by atoms with Crippen molar-refractivity contribution in [2.45, 2.75) is 5.41 Å². The minimum absolute atomic E-state index is 0.409. The third-order valence-electron chi connectivity index (χ3n) is 12.2. The van der Waals surface area contributed by atoms with Crippen molar-refractivity contribution in [1.29, 1.82) is 0 Å². The van der Waals surface area contributed by atoms with Crippen LogP contribution in [-0.4, -0.2) is 4.57 Å². The number of hydrogen-bond acceptors (Lipinski definition) is 1. The van der Waals surface area contributed by atoms with Gasteiger partial charge in [0.05, 0.1) is 22.1 Å². The van der Waals surface area contributed by atoms with Crippen molar-refractivity contribution in [3.05, 3.63) is 229 Å². The molecule has 0 fully saturated rings. The van der Waals surface area contributed by atoms with Crippen LogP contribution in [0.25, 0.3) is 60.5 Å². The lowest BCUT2D eigenvalue weighted by Gasteiger charge is -2.32. The molecule has 0 saturated carbocycles. The monoisotopic (exact) mass is 698 g/mol. The summed E-state index contributed by atoms with van der Waals surface area (Å²) < 4.78 is 2.44. The van der Waals surface area contributed by atoms with Crippen LogP contribution < -0.4 is 4.90 Å². The SMILES string of the molecule is c1ccc(N(c2ccc3c(c2)C2(c4ccccc4-c4ccccc42)c2ccccc2-3)c2ccc3c(c2)c2ccccc2n3-c2cccc3ccccc23)cc1. The molecule has 12 rings (SSSR count). The highest BCUT2D eigenvalue weighted by atomic mass is 15.1. The van der Waals surface area contributed by atoms with Gasteiger partial charge in [0.2, 0.25) is 0 Å². The maximum absolute atomic E-state index is 2.48. The fraction of sp³-hybridized carbons (Fsp3) is 0.0189. The van der Waals surface area contributed by atoms with Crippen molar-refractivity contribution in [2.75, 3.05) is 4.90 Å². The van der Waals surface area contributed by atoms with Gasteiger partial charge in [-0.15, -0.1) is 0 Å². The molecule has 0 N–H and O–H groups in total. The standard InChI is InChI=1S/C53H34N2/c1-2-17-36(18-3-1)54(37-30-32-52-45(33-37)44-23-9-13-27-51(44)55(52)50-28-14-16-35-15-4-5-19-39(35)50)38-29-31-43-42-22-8-12-26-48(42)53(49(43)34-38)46-24-10-6-20-40(46)41-21-7-11-25-47(41)53/h1-34H. The molecule has 256 valence electrons. The molecule has 0 radical (unpaired) electrons. The third-order valence-corrected chi connectivity index (χ3v) is 12.2. The number of aromatic nitrogens is 1. The zero-order chi connectivity index (χ0) is 36.1. The van der Waals surface area contributed by atoms with E-state index in [0.29, 0.717) is 0 Å². The van der Waals surface area contributed by atoms with Gasteiger partial charge in [-0.3, -0.25) is 0 Å². The number of benzene rings is 9. The maximum atomic E-state index is 2.48. The highest BCUT2D eigenvalue weighted by Crippen LogP contribution is 2.63. The topological polar surface area (TPSA) is 8.17 Å². The molecular formula is C53H34N2. The van der Waals surface area contributed by atoms with Crippen molar-refractivity contribution in [3.8, 4) is 27.9 Å². The average molecular weight is 699 g/mol. The van der Waals surface area contributed by atoms with Gasteiger partial charge in [0.15, 0.2) is 0 Å². The molecule has 2 aliphatic rings. The van der Waals surface area contributed by atoms with Gasteiger partial charge in [-0.25, -0.2) is 0 Å². The molecule has 1 spiro atoms. The first-order valence-corrected chi connectivity index (χ1v) is 19.1. The molecular weight excluding hydrogens is 665 g/mol. The van der Waals surface area contributed by atoms with Crippen LogP contribution in [0.5, 0.6) is 0 Å². The van der Waals surface area contributed by atoms with Gasteiger partial charge in [0.25, 0.3) is 0 Å². The molecule has 55 heavy (non-hydrogen) atoms. The molecule has 2 heteroatoms. The van der Waals surface area contributed by atoms with E-state index in [2.05, 4.69) is 216 Å². The van der Waals surface area contributed by atoms with Gasteiger partial charge in [-0.1, -0.05) is 152 Å². The fourth-order valence-corrected chi connectivity index (χ4v) is 10.0. The summed E-state index contributed by atoms with van der Waals surface area (Å²) in [5.41, 5.74) is 17.2. The highest BCUT2D eigenvalue weighted by Gasteiger charge is 2.51. The second kappa shape index (κ2) is 11.4. The van der Waals surface area contributed by atoms with Gasteiger partial charge in [-0.2, -0.15) is 0 Å². The summed E-state index contributed by atoms with van der Waals surface area (Å²) in [5.74, 6) is 0. The third kappa shape index (κ3) is 4.08. The first-order chi connectivity index (χ1) is 27.3. The Hall–Kier alpha value is -7.16. The van der Waals surface area contributed by atoms with Gasteiger partial charge in [0.1, 0.15) is 0 Å². The average Bonchev–Trinajstić information content (AvgIpc) is 3.85. The van der Waals surface area contributed by atoms with Crippen LogP contribution in [-0.2, 0) is 5.41 Å². The zero-order valence-electron chi connectivity index (χ0n) is 30.0. The summed E-state index contributed by atoms with van der Waals surface area (Å²) in [4.78, 5) is 2.44. The van der Waals surface area contributed by atoms with Crippen LogP contribution in [0, 0.1) is 0 Å². The summed E-state index contributed by atoms with van der Waals surface area (Å²) in [7, 11) is 0. The maximum Gasteiger partial charge on any atom is 0.0726 e. The molecule has 1 heterocycles. The van der Waals surface area contributed by atoms with E-state index in [9.17, 15) is 0 Å². The predicted octanol–water partition coefficient (Wildman–Crippen LogP) is 13.8. The van der Waals surface area contributed by atoms with Crippen molar-refractivity contribution < 1.29 is 0 Å². The molecule has 10 aromatic rings. The van der Waals surface area contributed by atoms with Crippen LogP contribution in [0.15, 0.2) is 206 Å². The first kappa shape index (κ1) is 30.3. The normalized spacial score (nSPS) is 13.2. The molecule has 0 amide bonds. The van der Waals surface area contributed by atoms with Gasteiger partial charge in [-0.05, 0) is 104 Å². The minimum Gasteiger partial charge on any atom is -0.310 e. The van der Waals surface area contributed by atoms with Crippen LogP contribution >= 0.6 is 0 Å². The molecule has 0 aliphatic heterocycles. The minimum atomic E-state index is -0.409. The Bertz CT molecular complexity index is 3100. The van der Waals surface area contributed by atoms with Crippen molar-refractivity contribution in [2.24, 2.45) is 0 Å². The van der Waals surface area contributed by atoms with E-state index in [1.54, 1.807) is 0 Å². The van der Waals surface area contributed by atoms with Gasteiger partial charge in [0, 0.05) is 33.2 Å². The van der Waals surface area contributed by atoms with E-state index in [0.717, 1.165) is 17.1 Å². The lowest BCUT2D eigenvalue weighted by molar-refractivity contribution is 0.793. The molecule has 0 bridgehead atoms. The zero-order valence-corrected chi connectivity index (χ0v) is 30.0. The number of hydrogen-bond donors (Lipinski definition) is 0. The molecule has 0 atom stereocenters. The molecule has 2 nitrogen and oxygen atoms in total. The Labute approximate surface area is 319 Å². The summed E-state index contributed by atoms with van der Waals surface area (Å²) in [6, 6.07) is 76.2. The Morgan fingerprint density at radius 1 is 0.327 bits per heavy atom. The molecule has 2 aliphatic carbocycles. The lowest BCUT2D eigenvalue weighted by atomic mass is 9.70. The fourth-order valence-electron chi connectivity index (χ4n) is 10.0. The van der Waals surface area contributed by atoms with Crippen molar-refractivity contribution in [1.82, 2.24) is 4.57 Å². The summed E-state index contributed by atoms with van der Waals surface area (Å²) in [6.45, 7) is 0. The van der Waals surface area contributed by atoms with E-state index in [-0.39, 0.29) is 0 Å². The lowest BCUT2D eigenvalue weighted by Crippen LogP contribution is -2.26. The summed E-state index contributed by atoms with van der Waals surface area (Å²) >= 11 is 0. The van der Waals surface area contributed by atoms with E-state index in [4.69, 9.17) is 0 Å². The number of anilines is 3. The van der Waals surface area contributed by atoms with Crippen LogP contribution in [0.4, 0.5) is 17.1 Å². The summed E-state index contributed by atoms with van der Waals surface area (Å²) in [6.07, 6.45) is 0. The van der Waals surface area contributed by atoms with E-state index < -0.39 is 5.41 Å². The second-order valence-electron chi connectivity index (χ2n) is 14.8. The highest BCUT2D eigenvalue weighted by molar-refractivity contribution is 6.12. The molecule has 0 saturated heterocycles. The Morgan fingerprint density at radius 2 is 0.855 bits per heavy atom. The van der Waals surface area contributed by atoms with E-state index in [1.165, 1.54) is 82.8 Å². The Kier molecular flexibility index (Phi) is 6.29. The number of fused-ring (bicyclic) bond motifs is 14. The smallest absolute Gasteiger partial charge is 0.0726 e. The molecule has 9 aromatic carbocycles. The van der Waals surface area contributed by atoms with Gasteiger partial charge < -0.3 is 9.47 Å². The first-order valence-electron chi connectivity index (χ1n) is 19.1. The van der Waals surface area contributed by atoms with E-state index in [1.807, 2.05) is 0 Å². The van der Waals surface area contributed by atoms with Crippen LogP contribution in [0.2, 0.25) is 0 Å². The molecule has 1 aromatic heterocycles. The second-order valence-corrected chi connectivity index (χ2v) is 14.8. The predicted molar refractivity (Wildman–Crippen MR) is 229 cm³/mol. The van der Waals surface area contributed by atoms with E-state index >= 15 is 0 Å². The number of rotatable bonds is 4. The Balaban J connectivity index is 1.11. The van der Waals surface area contributed by atoms with Crippen molar-refractivity contribution in [3.63, 3.8) is 0 Å². The number of para-hydroxylation sites is 2. The Morgan fingerprint density at radius 3 is 1.58 bits per heavy atom. The number of nitrogens with zero attached hydrogens (tertiary/aromatic N) is 2. The largest absolute Gasteiger partial charge is 0.310 e.